The first kappa shape index (κ1) is 10.7. The quantitative estimate of drug-likeness (QED) is 0.641. The molecule has 3 unspecified atom stereocenters. The fourth-order valence-electron chi connectivity index (χ4n) is 3.29. The van der Waals surface area contributed by atoms with Crippen LogP contribution in [0.3, 0.4) is 0 Å². The van der Waals surface area contributed by atoms with Crippen LogP contribution < -0.4 is 0 Å². The van der Waals surface area contributed by atoms with Crippen molar-refractivity contribution in [1.29, 1.82) is 0 Å². The highest BCUT2D eigenvalue weighted by atomic mass is 16.4. The van der Waals surface area contributed by atoms with Gasteiger partial charge in [-0.15, -0.1) is 0 Å². The number of aliphatic hydroxyl groups is 1. The summed E-state index contributed by atoms with van der Waals surface area (Å²) in [6.45, 7) is 6.99. The molecule has 3 atom stereocenters. The average molecular weight is 213 g/mol. The Morgan fingerprint density at radius 2 is 2.07 bits per heavy atom. The summed E-state index contributed by atoms with van der Waals surface area (Å²) < 4.78 is 0. The van der Waals surface area contributed by atoms with Crippen LogP contribution in [-0.4, -0.2) is 39.9 Å². The first-order chi connectivity index (χ1) is 6.79. The Hall–Kier alpha value is -0.770. The van der Waals surface area contributed by atoms with Gasteiger partial charge in [-0.2, -0.15) is 0 Å². The first-order valence-electron chi connectivity index (χ1n) is 5.47. The lowest BCUT2D eigenvalue weighted by Gasteiger charge is -2.60. The maximum absolute atomic E-state index is 11.0. The second-order valence-electron chi connectivity index (χ2n) is 5.87. The van der Waals surface area contributed by atoms with Gasteiger partial charge in [0.15, 0.2) is 0 Å². The van der Waals surface area contributed by atoms with E-state index in [0.29, 0.717) is 6.54 Å². The summed E-state index contributed by atoms with van der Waals surface area (Å²) in [4.78, 5) is 12.3. The van der Waals surface area contributed by atoms with Crippen LogP contribution >= 0.6 is 0 Å². The predicted octanol–water partition coefficient (Wildman–Crippen LogP) is 1.54. The molecule has 0 aromatic carbocycles. The standard InChI is InChI=1S/C11H19NO3/c1-10(2,3)11-5-4-7(13)8(11)12(6-11)9(14)15/h7-8,13H,4-6H2,1-3H3,(H,14,15). The van der Waals surface area contributed by atoms with E-state index in [-0.39, 0.29) is 16.9 Å². The predicted molar refractivity (Wildman–Crippen MR) is 55.6 cm³/mol. The third-order valence-electron chi connectivity index (χ3n) is 4.34. The molecule has 1 amide bonds. The number of fused-ring (bicyclic) bond motifs is 1. The summed E-state index contributed by atoms with van der Waals surface area (Å²) in [5.74, 6) is 0. The van der Waals surface area contributed by atoms with Crippen LogP contribution in [0.2, 0.25) is 0 Å². The van der Waals surface area contributed by atoms with E-state index in [4.69, 9.17) is 5.11 Å². The second kappa shape index (κ2) is 2.88. The maximum atomic E-state index is 11.0. The van der Waals surface area contributed by atoms with Crippen molar-refractivity contribution in [3.8, 4) is 0 Å². The van der Waals surface area contributed by atoms with Crippen LogP contribution in [-0.2, 0) is 0 Å². The van der Waals surface area contributed by atoms with Gasteiger partial charge in [-0.3, -0.25) is 0 Å². The van der Waals surface area contributed by atoms with Gasteiger partial charge in [0.2, 0.25) is 0 Å². The van der Waals surface area contributed by atoms with Crippen LogP contribution in [0.4, 0.5) is 4.79 Å². The van der Waals surface area contributed by atoms with Gasteiger partial charge in [-0.05, 0) is 18.3 Å². The molecule has 2 fully saturated rings. The topological polar surface area (TPSA) is 60.8 Å². The summed E-state index contributed by atoms with van der Waals surface area (Å²) in [5.41, 5.74) is 0.0475. The minimum atomic E-state index is -0.902. The first-order valence-corrected chi connectivity index (χ1v) is 5.47. The van der Waals surface area contributed by atoms with Crippen LogP contribution in [0.1, 0.15) is 33.6 Å². The molecular formula is C11H19NO3. The van der Waals surface area contributed by atoms with Crippen molar-refractivity contribution in [2.24, 2.45) is 10.8 Å². The Bertz CT molecular complexity index is 297. The zero-order valence-corrected chi connectivity index (χ0v) is 9.53. The number of rotatable bonds is 0. The van der Waals surface area contributed by atoms with Crippen molar-refractivity contribution in [3.63, 3.8) is 0 Å². The molecule has 1 heterocycles. The molecule has 0 spiro atoms. The fraction of sp³-hybridized carbons (Fsp3) is 0.909. The minimum Gasteiger partial charge on any atom is -0.465 e. The summed E-state index contributed by atoms with van der Waals surface area (Å²) in [6, 6.07) is -0.185. The number of carbonyl (C=O) groups is 1. The van der Waals surface area contributed by atoms with Gasteiger partial charge in [0, 0.05) is 12.0 Å². The van der Waals surface area contributed by atoms with Crippen LogP contribution in [0.25, 0.3) is 0 Å². The number of hydrogen-bond acceptors (Lipinski definition) is 2. The Kier molecular flexibility index (Phi) is 2.06. The molecule has 4 nitrogen and oxygen atoms in total. The van der Waals surface area contributed by atoms with Crippen molar-refractivity contribution < 1.29 is 15.0 Å². The van der Waals surface area contributed by atoms with Crippen molar-refractivity contribution in [3.05, 3.63) is 0 Å². The number of likely N-dealkylation sites (tertiary alicyclic amines) is 1. The molecule has 86 valence electrons. The van der Waals surface area contributed by atoms with Gasteiger partial charge in [-0.1, -0.05) is 20.8 Å². The molecule has 0 aromatic rings. The van der Waals surface area contributed by atoms with Crippen molar-refractivity contribution >= 4 is 6.09 Å². The zero-order valence-electron chi connectivity index (χ0n) is 9.53. The highest BCUT2D eigenvalue weighted by Crippen LogP contribution is 2.59. The van der Waals surface area contributed by atoms with Gasteiger partial charge in [0.25, 0.3) is 0 Å². The number of carboxylic acid groups (broad SMARTS) is 1. The van der Waals surface area contributed by atoms with Crippen molar-refractivity contribution in [2.75, 3.05) is 6.54 Å². The molecule has 0 radical (unpaired) electrons. The molecular weight excluding hydrogens is 194 g/mol. The molecule has 2 rings (SSSR count). The number of amides is 1. The summed E-state index contributed by atoms with van der Waals surface area (Å²) in [6.07, 6.45) is 0.285. The molecule has 1 aliphatic carbocycles. The second-order valence-corrected chi connectivity index (χ2v) is 5.87. The number of hydrogen-bond donors (Lipinski definition) is 2. The van der Waals surface area contributed by atoms with E-state index in [2.05, 4.69) is 20.8 Å². The van der Waals surface area contributed by atoms with Gasteiger partial charge in [0.1, 0.15) is 0 Å². The summed E-state index contributed by atoms with van der Waals surface area (Å²) in [5, 5.41) is 18.9. The minimum absolute atomic E-state index is 0.00912. The molecule has 1 aliphatic heterocycles. The largest absolute Gasteiger partial charge is 0.465 e. The van der Waals surface area contributed by atoms with E-state index < -0.39 is 12.2 Å². The summed E-state index contributed by atoms with van der Waals surface area (Å²) in [7, 11) is 0. The van der Waals surface area contributed by atoms with Crippen LogP contribution in [0.5, 0.6) is 0 Å². The van der Waals surface area contributed by atoms with Gasteiger partial charge in [0.05, 0.1) is 12.1 Å². The molecule has 2 aliphatic rings. The smallest absolute Gasteiger partial charge is 0.407 e. The van der Waals surface area contributed by atoms with E-state index in [1.807, 2.05) is 0 Å². The molecule has 1 saturated heterocycles. The van der Waals surface area contributed by atoms with E-state index >= 15 is 0 Å². The third-order valence-corrected chi connectivity index (χ3v) is 4.34. The van der Waals surface area contributed by atoms with Crippen molar-refractivity contribution in [1.82, 2.24) is 4.90 Å². The highest BCUT2D eigenvalue weighted by molar-refractivity contribution is 5.67. The van der Waals surface area contributed by atoms with Crippen LogP contribution in [0, 0.1) is 10.8 Å². The normalized spacial score (nSPS) is 39.9. The lowest BCUT2D eigenvalue weighted by molar-refractivity contribution is -0.129. The Morgan fingerprint density at radius 1 is 1.47 bits per heavy atom. The van der Waals surface area contributed by atoms with Crippen molar-refractivity contribution in [2.45, 2.75) is 45.8 Å². The Morgan fingerprint density at radius 3 is 2.53 bits per heavy atom. The van der Waals surface area contributed by atoms with Gasteiger partial charge >= 0.3 is 6.09 Å². The molecule has 0 bridgehead atoms. The van der Waals surface area contributed by atoms with E-state index in [0.717, 1.165) is 12.8 Å². The molecule has 1 saturated carbocycles. The van der Waals surface area contributed by atoms with E-state index in [1.54, 1.807) is 0 Å². The van der Waals surface area contributed by atoms with Gasteiger partial charge < -0.3 is 15.1 Å². The number of nitrogens with zero attached hydrogens (tertiary/aromatic N) is 1. The Labute approximate surface area is 89.9 Å². The fourth-order valence-corrected chi connectivity index (χ4v) is 3.29. The SMILES string of the molecule is CC(C)(C)C12CCC(O)C1N(C(=O)O)C2. The lowest BCUT2D eigenvalue weighted by Crippen LogP contribution is -2.70. The third kappa shape index (κ3) is 1.20. The highest BCUT2D eigenvalue weighted by Gasteiger charge is 2.65. The lowest BCUT2D eigenvalue weighted by atomic mass is 9.58. The molecule has 2 N–H and O–H groups in total. The molecule has 4 heteroatoms. The van der Waals surface area contributed by atoms with Gasteiger partial charge in [-0.25, -0.2) is 4.79 Å². The summed E-state index contributed by atoms with van der Waals surface area (Å²) >= 11 is 0. The zero-order chi connectivity index (χ0) is 11.4. The average Bonchev–Trinajstić information content (AvgIpc) is 2.21. The maximum Gasteiger partial charge on any atom is 0.407 e. The Balaban J connectivity index is 2.27. The monoisotopic (exact) mass is 213 g/mol. The molecule has 15 heavy (non-hydrogen) atoms. The van der Waals surface area contributed by atoms with E-state index in [1.165, 1.54) is 4.90 Å². The number of aliphatic hydroxyl groups excluding tert-OH is 1. The van der Waals surface area contributed by atoms with E-state index in [9.17, 15) is 9.90 Å². The van der Waals surface area contributed by atoms with Crippen LogP contribution in [0.15, 0.2) is 0 Å². The molecule has 0 aromatic heterocycles.